The van der Waals surface area contributed by atoms with Crippen molar-refractivity contribution >= 4 is 0 Å². The monoisotopic (exact) mass is 251 g/mol. The minimum Gasteiger partial charge on any atom is -0.224 e. The summed E-state index contributed by atoms with van der Waals surface area (Å²) in [5, 5.41) is 9.48. The van der Waals surface area contributed by atoms with Crippen molar-refractivity contribution in [3.05, 3.63) is 0 Å². The number of rotatable bonds is 8. The average Bonchev–Trinajstić information content (AvgIpc) is 2.41. The lowest BCUT2D eigenvalue weighted by atomic mass is 9.91. The molecule has 0 amide bonds. The molecule has 0 radical (unpaired) electrons. The number of hydrogen-bond acceptors (Lipinski definition) is 1. The molecule has 1 aliphatic rings. The Morgan fingerprint density at radius 2 is 1.67 bits per heavy atom. The van der Waals surface area contributed by atoms with Gasteiger partial charge in [-0.2, -0.15) is 0 Å². The normalized spacial score (nSPS) is 27.9. The topological polar surface area (TPSA) is 23.8 Å². The Morgan fingerprint density at radius 1 is 1.00 bits per heavy atom. The summed E-state index contributed by atoms with van der Waals surface area (Å²) >= 11 is 0. The maximum Gasteiger partial charge on any atom is 0.308 e. The average molecular weight is 251 g/mol. The molecule has 0 atom stereocenters. The van der Waals surface area contributed by atoms with Gasteiger partial charge in [0.2, 0.25) is 0 Å². The molecule has 1 fully saturated rings. The highest BCUT2D eigenvalue weighted by atomic mass is 15.3. The Hall–Kier alpha value is -0.550. The SMILES string of the molecule is CCCCCCC[N+]1(C#N)CCC(CCC)CC1. The van der Waals surface area contributed by atoms with Crippen molar-refractivity contribution in [2.45, 2.75) is 71.6 Å². The van der Waals surface area contributed by atoms with Crippen LogP contribution in [-0.4, -0.2) is 24.1 Å². The van der Waals surface area contributed by atoms with Gasteiger partial charge in [0.25, 0.3) is 0 Å². The van der Waals surface area contributed by atoms with Gasteiger partial charge in [-0.15, -0.1) is 5.26 Å². The molecule has 1 heterocycles. The van der Waals surface area contributed by atoms with Crippen molar-refractivity contribution in [1.82, 2.24) is 0 Å². The zero-order valence-corrected chi connectivity index (χ0v) is 12.5. The lowest BCUT2D eigenvalue weighted by molar-refractivity contribution is -0.872. The quantitative estimate of drug-likeness (QED) is 0.355. The van der Waals surface area contributed by atoms with E-state index in [2.05, 4.69) is 20.0 Å². The van der Waals surface area contributed by atoms with Crippen LogP contribution in [0.5, 0.6) is 0 Å². The van der Waals surface area contributed by atoms with E-state index in [4.69, 9.17) is 0 Å². The first kappa shape index (κ1) is 15.5. The minimum atomic E-state index is 0.742. The molecule has 2 nitrogen and oxygen atoms in total. The molecule has 0 aromatic rings. The number of nitriles is 1. The molecule has 18 heavy (non-hydrogen) atoms. The summed E-state index contributed by atoms with van der Waals surface area (Å²) in [6, 6.07) is 0. The van der Waals surface area contributed by atoms with E-state index < -0.39 is 0 Å². The maximum absolute atomic E-state index is 9.48. The van der Waals surface area contributed by atoms with E-state index in [1.54, 1.807) is 0 Å². The van der Waals surface area contributed by atoms with Crippen molar-refractivity contribution in [1.29, 1.82) is 5.26 Å². The van der Waals surface area contributed by atoms with Crippen LogP contribution in [-0.2, 0) is 0 Å². The Bertz CT molecular complexity index is 246. The van der Waals surface area contributed by atoms with Crippen molar-refractivity contribution in [2.24, 2.45) is 5.92 Å². The largest absolute Gasteiger partial charge is 0.308 e. The predicted octanol–water partition coefficient (Wildman–Crippen LogP) is 4.46. The van der Waals surface area contributed by atoms with Crippen LogP contribution in [0.1, 0.15) is 71.6 Å². The lowest BCUT2D eigenvalue weighted by Crippen LogP contribution is -2.49. The number of hydrogen-bond donors (Lipinski definition) is 0. The van der Waals surface area contributed by atoms with E-state index in [9.17, 15) is 5.26 Å². The van der Waals surface area contributed by atoms with Gasteiger partial charge in [0, 0.05) is 12.8 Å². The summed E-state index contributed by atoms with van der Waals surface area (Å²) in [4.78, 5) is 0. The number of piperidine rings is 1. The van der Waals surface area contributed by atoms with E-state index in [0.29, 0.717) is 0 Å². The van der Waals surface area contributed by atoms with Crippen molar-refractivity contribution in [2.75, 3.05) is 19.6 Å². The van der Waals surface area contributed by atoms with Crippen LogP contribution in [0.4, 0.5) is 0 Å². The lowest BCUT2D eigenvalue weighted by Gasteiger charge is -2.36. The highest BCUT2D eigenvalue weighted by Gasteiger charge is 2.33. The van der Waals surface area contributed by atoms with Gasteiger partial charge in [-0.1, -0.05) is 46.0 Å². The molecule has 1 rings (SSSR count). The fourth-order valence-corrected chi connectivity index (χ4v) is 3.20. The Kier molecular flexibility index (Phi) is 7.35. The molecule has 1 aliphatic heterocycles. The molecular formula is C16H31N2+. The van der Waals surface area contributed by atoms with Crippen LogP contribution in [0.2, 0.25) is 0 Å². The Labute approximate surface area is 114 Å². The van der Waals surface area contributed by atoms with Crippen LogP contribution < -0.4 is 0 Å². The third-order valence-corrected chi connectivity index (χ3v) is 4.53. The second kappa shape index (κ2) is 8.53. The highest BCUT2D eigenvalue weighted by molar-refractivity contribution is 4.70. The van der Waals surface area contributed by atoms with Crippen molar-refractivity contribution in [3.8, 4) is 6.19 Å². The summed E-state index contributed by atoms with van der Waals surface area (Å²) < 4.78 is 0.742. The number of unbranched alkanes of at least 4 members (excludes halogenated alkanes) is 4. The molecule has 0 bridgehead atoms. The molecule has 1 saturated heterocycles. The smallest absolute Gasteiger partial charge is 0.224 e. The standard InChI is InChI=1S/C16H31N2/c1-3-5-6-7-8-12-18(15-17)13-10-16(9-4-2)11-14-18/h16H,3-14H2,1-2H3/q+1. The zero-order chi connectivity index (χ0) is 13.3. The molecule has 104 valence electrons. The Balaban J connectivity index is 2.26. The summed E-state index contributed by atoms with van der Waals surface area (Å²) in [6.45, 7) is 7.83. The van der Waals surface area contributed by atoms with Gasteiger partial charge in [-0.05, 0) is 18.8 Å². The molecule has 0 aromatic heterocycles. The summed E-state index contributed by atoms with van der Waals surface area (Å²) in [7, 11) is 0. The first-order chi connectivity index (χ1) is 8.76. The molecule has 2 heteroatoms. The Morgan fingerprint density at radius 3 is 2.22 bits per heavy atom. The summed E-state index contributed by atoms with van der Waals surface area (Å²) in [6.07, 6.45) is 14.4. The first-order valence-corrected chi connectivity index (χ1v) is 8.03. The molecule has 0 N–H and O–H groups in total. The second-order valence-corrected chi connectivity index (χ2v) is 6.06. The van der Waals surface area contributed by atoms with E-state index in [1.807, 2.05) is 0 Å². The third-order valence-electron chi connectivity index (χ3n) is 4.53. The fraction of sp³-hybridized carbons (Fsp3) is 0.938. The fourth-order valence-electron chi connectivity index (χ4n) is 3.20. The van der Waals surface area contributed by atoms with Crippen LogP contribution in [0.25, 0.3) is 0 Å². The van der Waals surface area contributed by atoms with E-state index in [1.165, 1.54) is 57.8 Å². The van der Waals surface area contributed by atoms with E-state index in [0.717, 1.165) is 30.0 Å². The van der Waals surface area contributed by atoms with E-state index >= 15 is 0 Å². The van der Waals surface area contributed by atoms with Crippen molar-refractivity contribution < 1.29 is 4.48 Å². The number of likely N-dealkylation sites (tertiary alicyclic amines) is 1. The number of nitrogens with zero attached hydrogens (tertiary/aromatic N) is 2. The van der Waals surface area contributed by atoms with Crippen LogP contribution in [0.3, 0.4) is 0 Å². The van der Waals surface area contributed by atoms with Gasteiger partial charge in [-0.3, -0.25) is 0 Å². The number of quaternary nitrogens is 1. The van der Waals surface area contributed by atoms with Gasteiger partial charge < -0.3 is 0 Å². The van der Waals surface area contributed by atoms with Gasteiger partial charge >= 0.3 is 6.19 Å². The zero-order valence-electron chi connectivity index (χ0n) is 12.5. The van der Waals surface area contributed by atoms with E-state index in [-0.39, 0.29) is 0 Å². The van der Waals surface area contributed by atoms with Crippen molar-refractivity contribution in [3.63, 3.8) is 0 Å². The maximum atomic E-state index is 9.48. The summed E-state index contributed by atoms with van der Waals surface area (Å²) in [5.74, 6) is 0.898. The third kappa shape index (κ3) is 4.98. The molecule has 0 spiro atoms. The van der Waals surface area contributed by atoms with Crippen LogP contribution in [0, 0.1) is 17.4 Å². The van der Waals surface area contributed by atoms with Gasteiger partial charge in [0.15, 0.2) is 0 Å². The summed E-state index contributed by atoms with van der Waals surface area (Å²) in [5.41, 5.74) is 0. The first-order valence-electron chi connectivity index (χ1n) is 8.03. The highest BCUT2D eigenvalue weighted by Crippen LogP contribution is 2.27. The van der Waals surface area contributed by atoms with Crippen LogP contribution >= 0.6 is 0 Å². The molecule has 0 aromatic carbocycles. The van der Waals surface area contributed by atoms with Gasteiger partial charge in [0.1, 0.15) is 0 Å². The molecule has 0 saturated carbocycles. The predicted molar refractivity (Wildman–Crippen MR) is 76.9 cm³/mol. The van der Waals surface area contributed by atoms with Crippen LogP contribution in [0.15, 0.2) is 0 Å². The van der Waals surface area contributed by atoms with Gasteiger partial charge in [0.05, 0.1) is 19.6 Å². The molecule has 0 unspecified atom stereocenters. The second-order valence-electron chi connectivity index (χ2n) is 6.06. The molecular weight excluding hydrogens is 220 g/mol. The minimum absolute atomic E-state index is 0.742. The molecule has 0 aliphatic carbocycles. The van der Waals surface area contributed by atoms with Gasteiger partial charge in [-0.25, -0.2) is 4.48 Å².